The molecule has 0 amide bonds. The van der Waals surface area contributed by atoms with Gasteiger partial charge in [-0.15, -0.1) is 0 Å². The van der Waals surface area contributed by atoms with Gasteiger partial charge in [-0.3, -0.25) is 0 Å². The number of rotatable bonds is 6. The van der Waals surface area contributed by atoms with Gasteiger partial charge in [0, 0.05) is 37.7 Å². The van der Waals surface area contributed by atoms with Crippen molar-refractivity contribution < 1.29 is 9.84 Å². The minimum Gasteiger partial charge on any atom is -0.508 e. The number of phenols is 1. The average molecular weight is 360 g/mol. The Morgan fingerprint density at radius 3 is 2.96 bits per heavy atom. The molecule has 1 fully saturated rings. The van der Waals surface area contributed by atoms with E-state index < -0.39 is 0 Å². The van der Waals surface area contributed by atoms with Crippen LogP contribution >= 0.6 is 0 Å². The first kappa shape index (κ1) is 19.0. The van der Waals surface area contributed by atoms with Crippen molar-refractivity contribution in [2.24, 2.45) is 10.9 Å². The lowest BCUT2D eigenvalue weighted by Crippen LogP contribution is -2.40. The van der Waals surface area contributed by atoms with Crippen LogP contribution in [0.3, 0.4) is 0 Å². The molecule has 2 aliphatic rings. The first-order chi connectivity index (χ1) is 12.7. The van der Waals surface area contributed by atoms with Gasteiger partial charge in [-0.25, -0.2) is 4.99 Å². The van der Waals surface area contributed by atoms with E-state index in [1.54, 1.807) is 0 Å². The zero-order valence-corrected chi connectivity index (χ0v) is 16.3. The van der Waals surface area contributed by atoms with Crippen LogP contribution in [0.25, 0.3) is 0 Å². The monoisotopic (exact) mass is 359 g/mol. The van der Waals surface area contributed by atoms with Crippen LogP contribution in [-0.4, -0.2) is 48.8 Å². The summed E-state index contributed by atoms with van der Waals surface area (Å²) >= 11 is 0. The molecule has 2 N–H and O–H groups in total. The third-order valence-corrected chi connectivity index (χ3v) is 5.49. The number of phenolic OH excluding ortho intramolecular Hbond substituents is 1. The number of guanidine groups is 1. The number of aromatic hydroxyl groups is 1. The Hall–Kier alpha value is -1.75. The Kier molecular flexibility index (Phi) is 6.78. The molecule has 0 saturated carbocycles. The third-order valence-electron chi connectivity index (χ3n) is 5.49. The van der Waals surface area contributed by atoms with Crippen molar-refractivity contribution in [3.63, 3.8) is 0 Å². The highest BCUT2D eigenvalue weighted by Crippen LogP contribution is 2.31. The summed E-state index contributed by atoms with van der Waals surface area (Å²) in [6.07, 6.45) is 5.79. The van der Waals surface area contributed by atoms with Gasteiger partial charge < -0.3 is 20.1 Å². The highest BCUT2D eigenvalue weighted by atomic mass is 16.5. The molecule has 0 spiro atoms. The van der Waals surface area contributed by atoms with E-state index in [0.717, 1.165) is 63.6 Å². The Morgan fingerprint density at radius 2 is 2.15 bits per heavy atom. The molecule has 0 bridgehead atoms. The van der Waals surface area contributed by atoms with Gasteiger partial charge in [-0.1, -0.05) is 6.07 Å². The molecule has 26 heavy (non-hydrogen) atoms. The fourth-order valence-corrected chi connectivity index (χ4v) is 4.09. The van der Waals surface area contributed by atoms with Crippen LogP contribution in [0.4, 0.5) is 0 Å². The van der Waals surface area contributed by atoms with Crippen LogP contribution in [0.2, 0.25) is 0 Å². The Bertz CT molecular complexity index is 630. The van der Waals surface area contributed by atoms with E-state index in [0.29, 0.717) is 18.2 Å². The molecule has 0 radical (unpaired) electrons. The molecule has 5 heteroatoms. The highest BCUT2D eigenvalue weighted by Gasteiger charge is 2.25. The average Bonchev–Trinajstić information content (AvgIpc) is 3.13. The van der Waals surface area contributed by atoms with Crippen LogP contribution in [0, 0.1) is 5.92 Å². The van der Waals surface area contributed by atoms with Gasteiger partial charge in [0.25, 0.3) is 0 Å². The van der Waals surface area contributed by atoms with Gasteiger partial charge in [0.15, 0.2) is 5.96 Å². The summed E-state index contributed by atoms with van der Waals surface area (Å²) in [5.74, 6) is 1.93. The van der Waals surface area contributed by atoms with Crippen molar-refractivity contribution in [1.82, 2.24) is 10.2 Å². The van der Waals surface area contributed by atoms with Gasteiger partial charge >= 0.3 is 0 Å². The lowest BCUT2D eigenvalue weighted by atomic mass is 9.88. The number of hydrogen-bond donors (Lipinski definition) is 2. The Labute approximate surface area is 157 Å². The zero-order valence-electron chi connectivity index (χ0n) is 16.3. The number of likely N-dealkylation sites (tertiary alicyclic amines) is 1. The minimum atomic E-state index is 0.390. The third kappa shape index (κ3) is 4.50. The number of aliphatic imine (C=N–C) groups is 1. The molecule has 1 aliphatic heterocycles. The summed E-state index contributed by atoms with van der Waals surface area (Å²) < 4.78 is 5.59. The molecule has 5 nitrogen and oxygen atoms in total. The van der Waals surface area contributed by atoms with Gasteiger partial charge in [0.05, 0.1) is 13.2 Å². The van der Waals surface area contributed by atoms with E-state index in [-0.39, 0.29) is 0 Å². The van der Waals surface area contributed by atoms with Gasteiger partial charge in [-0.05, 0) is 63.1 Å². The maximum absolute atomic E-state index is 10.4. The van der Waals surface area contributed by atoms with Crippen molar-refractivity contribution in [1.29, 1.82) is 0 Å². The summed E-state index contributed by atoms with van der Waals surface area (Å²) in [4.78, 5) is 7.21. The number of aryl methyl sites for hydroxylation is 1. The quantitative estimate of drug-likeness (QED) is 0.605. The first-order valence-corrected chi connectivity index (χ1v) is 10.2. The van der Waals surface area contributed by atoms with Crippen LogP contribution in [0.5, 0.6) is 5.75 Å². The lowest BCUT2D eigenvalue weighted by Gasteiger charge is -2.23. The van der Waals surface area contributed by atoms with Crippen LogP contribution in [-0.2, 0) is 24.1 Å². The molecule has 1 unspecified atom stereocenters. The highest BCUT2D eigenvalue weighted by molar-refractivity contribution is 5.80. The molecule has 1 saturated heterocycles. The van der Waals surface area contributed by atoms with Crippen LogP contribution in [0.15, 0.2) is 17.1 Å². The molecule has 1 aliphatic carbocycles. The van der Waals surface area contributed by atoms with Crippen molar-refractivity contribution in [2.75, 3.05) is 32.8 Å². The topological polar surface area (TPSA) is 57.1 Å². The molecule has 3 rings (SSSR count). The number of nitrogens with one attached hydrogen (secondary N) is 1. The molecule has 144 valence electrons. The molecular formula is C21H33N3O2. The second-order valence-corrected chi connectivity index (χ2v) is 7.34. The van der Waals surface area contributed by atoms with E-state index in [1.807, 2.05) is 13.0 Å². The number of nitrogens with zero attached hydrogens (tertiary/aromatic N) is 2. The zero-order chi connectivity index (χ0) is 18.4. The van der Waals surface area contributed by atoms with E-state index in [2.05, 4.69) is 23.2 Å². The van der Waals surface area contributed by atoms with Gasteiger partial charge in [0.1, 0.15) is 5.75 Å². The number of benzene rings is 1. The van der Waals surface area contributed by atoms with E-state index in [9.17, 15) is 5.11 Å². The smallest absolute Gasteiger partial charge is 0.194 e. The number of ether oxygens (including phenoxy) is 1. The number of hydrogen-bond acceptors (Lipinski definition) is 3. The number of fused-ring (bicyclic) bond motifs is 1. The van der Waals surface area contributed by atoms with Crippen molar-refractivity contribution in [3.05, 3.63) is 28.8 Å². The first-order valence-electron chi connectivity index (χ1n) is 10.2. The molecule has 1 aromatic carbocycles. The Morgan fingerprint density at radius 1 is 1.31 bits per heavy atom. The van der Waals surface area contributed by atoms with Gasteiger partial charge in [-0.2, -0.15) is 0 Å². The van der Waals surface area contributed by atoms with E-state index in [1.165, 1.54) is 24.0 Å². The van der Waals surface area contributed by atoms with E-state index >= 15 is 0 Å². The molecule has 1 atom stereocenters. The standard InChI is InChI=1S/C21H33N3O2/c1-3-22-21(24-12-11-16(14-24)15-26-4-2)23-13-19-18-8-6-5-7-17(18)9-10-20(19)25/h9-10,16,25H,3-8,11-15H2,1-2H3,(H,22,23). The summed E-state index contributed by atoms with van der Waals surface area (Å²) in [7, 11) is 0. The normalized spacial score (nSPS) is 20.3. The summed E-state index contributed by atoms with van der Waals surface area (Å²) in [6.45, 7) is 9.17. The minimum absolute atomic E-state index is 0.390. The van der Waals surface area contributed by atoms with Crippen molar-refractivity contribution >= 4 is 5.96 Å². The van der Waals surface area contributed by atoms with Crippen molar-refractivity contribution in [3.8, 4) is 5.75 Å². The predicted molar refractivity (Wildman–Crippen MR) is 106 cm³/mol. The summed E-state index contributed by atoms with van der Waals surface area (Å²) in [5.41, 5.74) is 3.73. The fraction of sp³-hybridized carbons (Fsp3) is 0.667. The van der Waals surface area contributed by atoms with Crippen molar-refractivity contribution in [2.45, 2.75) is 52.5 Å². The molecule has 0 aromatic heterocycles. The van der Waals surface area contributed by atoms with Crippen LogP contribution in [0.1, 0.15) is 49.8 Å². The molecule has 1 heterocycles. The lowest BCUT2D eigenvalue weighted by molar-refractivity contribution is 0.114. The molecule has 1 aromatic rings. The van der Waals surface area contributed by atoms with E-state index in [4.69, 9.17) is 9.73 Å². The second-order valence-electron chi connectivity index (χ2n) is 7.34. The maximum Gasteiger partial charge on any atom is 0.194 e. The largest absolute Gasteiger partial charge is 0.508 e. The summed E-state index contributed by atoms with van der Waals surface area (Å²) in [6, 6.07) is 3.93. The maximum atomic E-state index is 10.4. The molecular weight excluding hydrogens is 326 g/mol. The fourth-order valence-electron chi connectivity index (χ4n) is 4.09. The second kappa shape index (κ2) is 9.26. The van der Waals surface area contributed by atoms with Gasteiger partial charge in [0.2, 0.25) is 0 Å². The summed E-state index contributed by atoms with van der Waals surface area (Å²) in [5, 5.41) is 13.8. The SMILES string of the molecule is CCNC(=NCc1c(O)ccc2c1CCCC2)N1CCC(COCC)C1. The predicted octanol–water partition coefficient (Wildman–Crippen LogP) is 3.09. The van der Waals surface area contributed by atoms with Crippen LogP contribution < -0.4 is 5.32 Å². The Balaban J connectivity index is 1.72.